The van der Waals surface area contributed by atoms with E-state index in [2.05, 4.69) is 0 Å². The van der Waals surface area contributed by atoms with Gasteiger partial charge in [0.15, 0.2) is 11.6 Å². The van der Waals surface area contributed by atoms with Crippen LogP contribution in [-0.2, 0) is 13.0 Å². The standard InChI is InChI=1S/C27H27F2NO3/c1-27(2,3)33-23-11-9-22(10-12-23)32-17-21-14-18-6-4-5-7-20(18)16-30(21)26(31)19-8-13-24(28)25(29)15-19/h4-13,15,21H,14,16-17H2,1-3H3. The Labute approximate surface area is 192 Å². The van der Waals surface area contributed by atoms with Crippen molar-refractivity contribution in [2.24, 2.45) is 0 Å². The summed E-state index contributed by atoms with van der Waals surface area (Å²) < 4.78 is 39.0. The van der Waals surface area contributed by atoms with Crippen LogP contribution in [0.1, 0.15) is 42.3 Å². The Morgan fingerprint density at radius 1 is 0.939 bits per heavy atom. The number of ether oxygens (including phenoxy) is 2. The van der Waals surface area contributed by atoms with E-state index in [-0.39, 0.29) is 29.7 Å². The van der Waals surface area contributed by atoms with E-state index in [1.54, 1.807) is 4.90 Å². The minimum atomic E-state index is -1.04. The third-order valence-corrected chi connectivity index (χ3v) is 5.47. The van der Waals surface area contributed by atoms with Crippen molar-refractivity contribution in [2.75, 3.05) is 6.61 Å². The SMILES string of the molecule is CC(C)(C)Oc1ccc(OCC2Cc3ccccc3CN2C(=O)c2ccc(F)c(F)c2)cc1. The number of hydrogen-bond acceptors (Lipinski definition) is 3. The number of halogens is 2. The van der Waals surface area contributed by atoms with Gasteiger partial charge >= 0.3 is 0 Å². The van der Waals surface area contributed by atoms with Crippen LogP contribution in [0.5, 0.6) is 11.5 Å². The van der Waals surface area contributed by atoms with Gasteiger partial charge in [-0.3, -0.25) is 4.79 Å². The Bertz CT molecular complexity index is 1140. The van der Waals surface area contributed by atoms with Gasteiger partial charge in [0.2, 0.25) is 0 Å². The van der Waals surface area contributed by atoms with Gasteiger partial charge in [-0.1, -0.05) is 24.3 Å². The number of benzene rings is 3. The fraction of sp³-hybridized carbons (Fsp3) is 0.296. The molecule has 0 aliphatic carbocycles. The van der Waals surface area contributed by atoms with Crippen molar-refractivity contribution in [3.05, 3.63) is 95.1 Å². The largest absolute Gasteiger partial charge is 0.491 e. The molecule has 0 saturated carbocycles. The molecule has 1 aliphatic heterocycles. The highest BCUT2D eigenvalue weighted by molar-refractivity contribution is 5.94. The number of fused-ring (bicyclic) bond motifs is 1. The van der Waals surface area contributed by atoms with E-state index in [0.717, 1.165) is 29.0 Å². The maximum Gasteiger partial charge on any atom is 0.254 e. The predicted molar refractivity (Wildman–Crippen MR) is 122 cm³/mol. The molecule has 6 heteroatoms. The number of carbonyl (C=O) groups excluding carboxylic acids is 1. The number of amides is 1. The van der Waals surface area contributed by atoms with Crippen molar-refractivity contribution in [3.63, 3.8) is 0 Å². The minimum absolute atomic E-state index is 0.113. The second-order valence-electron chi connectivity index (χ2n) is 9.19. The molecule has 1 amide bonds. The van der Waals surface area contributed by atoms with Gasteiger partial charge in [0.05, 0.1) is 6.04 Å². The van der Waals surface area contributed by atoms with Crippen molar-refractivity contribution in [1.29, 1.82) is 0 Å². The van der Waals surface area contributed by atoms with Gasteiger partial charge in [-0.25, -0.2) is 8.78 Å². The molecule has 0 bridgehead atoms. The molecule has 3 aromatic rings. The van der Waals surface area contributed by atoms with Crippen molar-refractivity contribution < 1.29 is 23.0 Å². The average molecular weight is 452 g/mol. The van der Waals surface area contributed by atoms with E-state index in [9.17, 15) is 13.6 Å². The fourth-order valence-electron chi connectivity index (χ4n) is 3.92. The van der Waals surface area contributed by atoms with Gasteiger partial charge in [-0.2, -0.15) is 0 Å². The zero-order valence-corrected chi connectivity index (χ0v) is 19.0. The van der Waals surface area contributed by atoms with Crippen molar-refractivity contribution in [2.45, 2.75) is 45.4 Å². The summed E-state index contributed by atoms with van der Waals surface area (Å²) in [4.78, 5) is 14.9. The predicted octanol–water partition coefficient (Wildman–Crippen LogP) is 5.79. The van der Waals surface area contributed by atoms with Crippen LogP contribution in [0.25, 0.3) is 0 Å². The summed E-state index contributed by atoms with van der Waals surface area (Å²) in [5.74, 6) is -0.962. The minimum Gasteiger partial charge on any atom is -0.491 e. The fourth-order valence-corrected chi connectivity index (χ4v) is 3.92. The van der Waals surface area contributed by atoms with Gasteiger partial charge in [-0.05, 0) is 80.8 Å². The second-order valence-corrected chi connectivity index (χ2v) is 9.19. The van der Waals surface area contributed by atoms with Gasteiger partial charge in [0.1, 0.15) is 23.7 Å². The van der Waals surface area contributed by atoms with E-state index < -0.39 is 11.6 Å². The quantitative estimate of drug-likeness (QED) is 0.493. The monoisotopic (exact) mass is 451 g/mol. The summed E-state index contributed by atoms with van der Waals surface area (Å²) in [6.45, 7) is 6.59. The van der Waals surface area contributed by atoms with Crippen LogP contribution >= 0.6 is 0 Å². The molecule has 0 spiro atoms. The Morgan fingerprint density at radius 3 is 2.27 bits per heavy atom. The second kappa shape index (κ2) is 9.22. The van der Waals surface area contributed by atoms with Crippen LogP contribution in [0.3, 0.4) is 0 Å². The van der Waals surface area contributed by atoms with Crippen LogP contribution in [0.4, 0.5) is 8.78 Å². The van der Waals surface area contributed by atoms with Gasteiger partial charge in [0, 0.05) is 12.1 Å². The van der Waals surface area contributed by atoms with Gasteiger partial charge < -0.3 is 14.4 Å². The zero-order chi connectivity index (χ0) is 23.6. The van der Waals surface area contributed by atoms with Crippen molar-refractivity contribution >= 4 is 5.91 Å². The summed E-state index contributed by atoms with van der Waals surface area (Å²) in [7, 11) is 0. The average Bonchev–Trinajstić information content (AvgIpc) is 2.78. The van der Waals surface area contributed by atoms with E-state index >= 15 is 0 Å². The van der Waals surface area contributed by atoms with E-state index in [0.29, 0.717) is 18.7 Å². The topological polar surface area (TPSA) is 38.8 Å². The third-order valence-electron chi connectivity index (χ3n) is 5.47. The first kappa shape index (κ1) is 22.8. The summed E-state index contributed by atoms with van der Waals surface area (Å²) in [5.41, 5.74) is 2.00. The molecule has 1 aliphatic rings. The summed E-state index contributed by atoms with van der Waals surface area (Å²) in [6.07, 6.45) is 0.608. The van der Waals surface area contributed by atoms with Crippen LogP contribution in [0, 0.1) is 11.6 Å². The molecule has 4 rings (SSSR count). The molecule has 172 valence electrons. The van der Waals surface area contributed by atoms with Crippen LogP contribution < -0.4 is 9.47 Å². The molecule has 1 heterocycles. The van der Waals surface area contributed by atoms with Gasteiger partial charge in [0.25, 0.3) is 5.91 Å². The first-order valence-corrected chi connectivity index (χ1v) is 10.9. The van der Waals surface area contributed by atoms with Crippen LogP contribution in [0.2, 0.25) is 0 Å². The Kier molecular flexibility index (Phi) is 6.36. The zero-order valence-electron chi connectivity index (χ0n) is 19.0. The van der Waals surface area contributed by atoms with Crippen LogP contribution in [0.15, 0.2) is 66.7 Å². The molecule has 0 fully saturated rings. The van der Waals surface area contributed by atoms with E-state index in [1.165, 1.54) is 6.07 Å². The highest BCUT2D eigenvalue weighted by Crippen LogP contribution is 2.27. The lowest BCUT2D eigenvalue weighted by atomic mass is 9.93. The molecule has 0 N–H and O–H groups in total. The van der Waals surface area contributed by atoms with Crippen molar-refractivity contribution in [3.8, 4) is 11.5 Å². The number of carbonyl (C=O) groups is 1. The lowest BCUT2D eigenvalue weighted by Gasteiger charge is -2.37. The molecule has 33 heavy (non-hydrogen) atoms. The molecule has 3 aromatic carbocycles. The summed E-state index contributed by atoms with van der Waals surface area (Å²) >= 11 is 0. The lowest BCUT2D eigenvalue weighted by molar-refractivity contribution is 0.0565. The third kappa shape index (κ3) is 5.51. The Balaban J connectivity index is 1.52. The normalized spacial score (nSPS) is 15.7. The number of rotatable bonds is 5. The highest BCUT2D eigenvalue weighted by atomic mass is 19.2. The molecule has 1 atom stereocenters. The molecular formula is C27H27F2NO3. The summed E-state index contributed by atoms with van der Waals surface area (Å²) in [6, 6.07) is 18.3. The first-order chi connectivity index (χ1) is 15.7. The molecule has 1 unspecified atom stereocenters. The van der Waals surface area contributed by atoms with E-state index in [4.69, 9.17) is 9.47 Å². The molecule has 0 saturated heterocycles. The molecule has 0 aromatic heterocycles. The smallest absolute Gasteiger partial charge is 0.254 e. The van der Waals surface area contributed by atoms with Crippen molar-refractivity contribution in [1.82, 2.24) is 4.90 Å². The molecule has 0 radical (unpaired) electrons. The van der Waals surface area contributed by atoms with Gasteiger partial charge in [-0.15, -0.1) is 0 Å². The first-order valence-electron chi connectivity index (χ1n) is 10.9. The Morgan fingerprint density at radius 2 is 1.61 bits per heavy atom. The van der Waals surface area contributed by atoms with E-state index in [1.807, 2.05) is 69.3 Å². The van der Waals surface area contributed by atoms with Crippen LogP contribution in [-0.4, -0.2) is 29.1 Å². The Hall–Kier alpha value is -3.41. The maximum absolute atomic E-state index is 13.8. The maximum atomic E-state index is 13.8. The summed E-state index contributed by atoms with van der Waals surface area (Å²) in [5, 5.41) is 0. The lowest BCUT2D eigenvalue weighted by Crippen LogP contribution is -2.47. The molecular weight excluding hydrogens is 424 g/mol. The molecule has 4 nitrogen and oxygen atoms in total. The highest BCUT2D eigenvalue weighted by Gasteiger charge is 2.31. The number of nitrogens with zero attached hydrogens (tertiary/aromatic N) is 1. The number of hydrogen-bond donors (Lipinski definition) is 0.